The van der Waals surface area contributed by atoms with E-state index in [0.29, 0.717) is 6.42 Å². The van der Waals surface area contributed by atoms with Gasteiger partial charge in [-0.3, -0.25) is 14.0 Å². The van der Waals surface area contributed by atoms with E-state index in [4.69, 9.17) is 0 Å². The van der Waals surface area contributed by atoms with Gasteiger partial charge in [0.2, 0.25) is 0 Å². The van der Waals surface area contributed by atoms with Gasteiger partial charge >= 0.3 is 103 Å². The Morgan fingerprint density at radius 2 is 1.88 bits per heavy atom. The third kappa shape index (κ3) is 5.22. The standard InChI is InChI=1S/C14H15N3O5S.2K/c18-9(19)6-15-11(20)10-12(21)16-14-17(13(10)22)7-4-2-1-3-5-8(7)23-14;;/h21H,1-6H2,(H,15,20)(H,18,19);;/q;2*+1/p-2. The number of amides is 1. The molecular weight excluding hydrogens is 400 g/mol. The summed E-state index contributed by atoms with van der Waals surface area (Å²) in [6, 6.07) is 0. The first-order valence-corrected chi connectivity index (χ1v) is 8.03. The van der Waals surface area contributed by atoms with Crippen LogP contribution < -0.4 is 124 Å². The molecule has 0 saturated heterocycles. The number of carboxylic acid groups (broad SMARTS) is 1. The quantitative estimate of drug-likeness (QED) is 0.393. The van der Waals surface area contributed by atoms with Gasteiger partial charge in [0.05, 0.1) is 12.5 Å². The van der Waals surface area contributed by atoms with Gasteiger partial charge in [0.15, 0.2) is 4.96 Å². The molecule has 0 atom stereocenters. The molecule has 1 aliphatic carbocycles. The number of nitrogens with one attached hydrogen (secondary N) is 1. The molecule has 3 rings (SSSR count). The van der Waals surface area contributed by atoms with E-state index in [2.05, 4.69) is 4.98 Å². The summed E-state index contributed by atoms with van der Waals surface area (Å²) in [7, 11) is 0. The molecular formula is C14H13K2N3O5S. The van der Waals surface area contributed by atoms with E-state index in [1.807, 2.05) is 5.32 Å². The number of nitrogens with zero attached hydrogens (tertiary/aromatic N) is 2. The summed E-state index contributed by atoms with van der Waals surface area (Å²) in [6.45, 7) is -0.776. The van der Waals surface area contributed by atoms with Crippen molar-refractivity contribution in [2.45, 2.75) is 32.1 Å². The Balaban J connectivity index is 0.00000156. The molecule has 1 amide bonds. The number of rotatable bonds is 3. The number of thiazole rings is 1. The van der Waals surface area contributed by atoms with E-state index in [-0.39, 0.29) is 108 Å². The first-order chi connectivity index (χ1) is 11.0. The summed E-state index contributed by atoms with van der Waals surface area (Å²) < 4.78 is 1.32. The fourth-order valence-electron chi connectivity index (χ4n) is 2.72. The number of carbonyl (C=O) groups is 2. The molecule has 8 nitrogen and oxygen atoms in total. The maximum absolute atomic E-state index is 12.6. The van der Waals surface area contributed by atoms with Gasteiger partial charge in [-0.05, 0) is 25.7 Å². The summed E-state index contributed by atoms with van der Waals surface area (Å²) in [5.74, 6) is -3.49. The zero-order chi connectivity index (χ0) is 16.6. The second kappa shape index (κ2) is 10.4. The van der Waals surface area contributed by atoms with Crippen LogP contribution in [0, 0.1) is 0 Å². The van der Waals surface area contributed by atoms with Crippen LogP contribution >= 0.6 is 11.3 Å². The number of hydrogen-bond donors (Lipinski definition) is 1. The molecule has 2 heterocycles. The SMILES string of the molecule is O=C([O-])CNC(=O)c1c([O-])nc2sc3c(n2c1=O)CCCCC3.[K+].[K+]. The average Bonchev–Trinajstić information content (AvgIpc) is 2.67. The molecule has 0 radical (unpaired) electrons. The Kier molecular flexibility index (Phi) is 9.95. The number of carboxylic acids is 1. The maximum atomic E-state index is 12.6. The van der Waals surface area contributed by atoms with Gasteiger partial charge in [-0.25, -0.2) is 4.98 Å². The molecule has 2 aromatic heterocycles. The van der Waals surface area contributed by atoms with Gasteiger partial charge < -0.3 is 20.3 Å². The average molecular weight is 414 g/mol. The summed E-state index contributed by atoms with van der Waals surface area (Å²) in [4.78, 5) is 40.0. The van der Waals surface area contributed by atoms with Crippen molar-refractivity contribution < 1.29 is 123 Å². The van der Waals surface area contributed by atoms with Crippen molar-refractivity contribution in [3.63, 3.8) is 0 Å². The Morgan fingerprint density at radius 3 is 2.56 bits per heavy atom. The Labute approximate surface area is 232 Å². The summed E-state index contributed by atoms with van der Waals surface area (Å²) in [5.41, 5.74) is -0.599. The molecule has 0 saturated carbocycles. The molecule has 2 aromatic rings. The number of aryl methyl sites for hydroxylation is 2. The van der Waals surface area contributed by atoms with Crippen molar-refractivity contribution >= 4 is 28.2 Å². The van der Waals surface area contributed by atoms with Crippen LogP contribution in [0.5, 0.6) is 5.88 Å². The smallest absolute Gasteiger partial charge is 0.858 e. The van der Waals surface area contributed by atoms with E-state index in [1.54, 1.807) is 0 Å². The Bertz CT molecular complexity index is 864. The van der Waals surface area contributed by atoms with Crippen molar-refractivity contribution in [1.82, 2.24) is 14.7 Å². The molecule has 0 unspecified atom stereocenters. The number of fused-ring (bicyclic) bond motifs is 3. The van der Waals surface area contributed by atoms with Crippen molar-refractivity contribution in [1.29, 1.82) is 0 Å². The zero-order valence-corrected chi connectivity index (χ0v) is 21.1. The van der Waals surface area contributed by atoms with Crippen LogP contribution in [0.4, 0.5) is 0 Å². The molecule has 1 N–H and O–H groups in total. The van der Waals surface area contributed by atoms with E-state index < -0.39 is 35.4 Å². The topological polar surface area (TPSA) is 127 Å². The first-order valence-electron chi connectivity index (χ1n) is 7.21. The van der Waals surface area contributed by atoms with Crippen molar-refractivity contribution in [2.24, 2.45) is 0 Å². The maximum Gasteiger partial charge on any atom is 1.00 e. The van der Waals surface area contributed by atoms with Crippen LogP contribution in [0.3, 0.4) is 0 Å². The largest absolute Gasteiger partial charge is 1.00 e. The van der Waals surface area contributed by atoms with E-state index in [9.17, 15) is 24.6 Å². The van der Waals surface area contributed by atoms with Crippen molar-refractivity contribution in [3.8, 4) is 5.88 Å². The second-order valence-corrected chi connectivity index (χ2v) is 6.36. The molecule has 0 fully saturated rings. The number of carbonyl (C=O) groups excluding carboxylic acids is 2. The van der Waals surface area contributed by atoms with E-state index in [0.717, 1.165) is 36.3 Å². The number of aromatic nitrogens is 2. The van der Waals surface area contributed by atoms with Crippen LogP contribution in [-0.2, 0) is 17.6 Å². The molecule has 0 spiro atoms. The summed E-state index contributed by atoms with van der Waals surface area (Å²) in [6.07, 6.45) is 4.51. The zero-order valence-electron chi connectivity index (χ0n) is 14.1. The van der Waals surface area contributed by atoms with Gasteiger partial charge in [0, 0.05) is 16.5 Å². The van der Waals surface area contributed by atoms with Crippen molar-refractivity contribution in [2.75, 3.05) is 6.54 Å². The fourth-order valence-corrected chi connectivity index (χ4v) is 3.91. The van der Waals surface area contributed by atoms with Crippen LogP contribution in [0.1, 0.15) is 40.2 Å². The molecule has 25 heavy (non-hydrogen) atoms. The molecule has 0 bridgehead atoms. The van der Waals surface area contributed by atoms with Crippen LogP contribution in [-0.4, -0.2) is 27.8 Å². The van der Waals surface area contributed by atoms with Gasteiger partial charge in [-0.15, -0.1) is 11.3 Å². The number of aliphatic carboxylic acids is 1. The van der Waals surface area contributed by atoms with E-state index in [1.165, 1.54) is 15.7 Å². The summed E-state index contributed by atoms with van der Waals surface area (Å²) in [5, 5.41) is 24.4. The predicted molar refractivity (Wildman–Crippen MR) is 77.4 cm³/mol. The van der Waals surface area contributed by atoms with Gasteiger partial charge in [-0.2, -0.15) is 0 Å². The molecule has 11 heteroatoms. The van der Waals surface area contributed by atoms with E-state index >= 15 is 0 Å². The van der Waals surface area contributed by atoms with Crippen LogP contribution in [0.2, 0.25) is 0 Å². The third-order valence-corrected chi connectivity index (χ3v) is 4.91. The normalized spacial score (nSPS) is 13.1. The van der Waals surface area contributed by atoms with Gasteiger partial charge in [0.1, 0.15) is 5.56 Å². The third-order valence-electron chi connectivity index (χ3n) is 3.76. The molecule has 0 aliphatic heterocycles. The first kappa shape index (κ1) is 23.9. The van der Waals surface area contributed by atoms with Gasteiger partial charge in [-0.1, -0.05) is 6.42 Å². The Hall–Kier alpha value is 0.853. The van der Waals surface area contributed by atoms with Gasteiger partial charge in [0.25, 0.3) is 11.5 Å². The fraction of sp³-hybridized carbons (Fsp3) is 0.429. The Morgan fingerprint density at radius 1 is 1.20 bits per heavy atom. The second-order valence-electron chi connectivity index (χ2n) is 5.30. The monoisotopic (exact) mass is 413 g/mol. The van der Waals surface area contributed by atoms with Crippen LogP contribution in [0.15, 0.2) is 4.79 Å². The number of hydrogen-bond acceptors (Lipinski definition) is 7. The molecule has 122 valence electrons. The van der Waals surface area contributed by atoms with Crippen LogP contribution in [0.25, 0.3) is 4.96 Å². The minimum Gasteiger partial charge on any atom is -0.858 e. The predicted octanol–water partition coefficient (Wildman–Crippen LogP) is -7.41. The summed E-state index contributed by atoms with van der Waals surface area (Å²) >= 11 is 1.30. The minimum absolute atomic E-state index is 0. The van der Waals surface area contributed by atoms with Crippen molar-refractivity contribution in [3.05, 3.63) is 26.5 Å². The molecule has 1 aliphatic rings. The minimum atomic E-state index is -1.51. The molecule has 0 aromatic carbocycles.